The second-order valence-corrected chi connectivity index (χ2v) is 5.28. The van der Waals surface area contributed by atoms with Gasteiger partial charge in [0.2, 0.25) is 0 Å². The van der Waals surface area contributed by atoms with Crippen LogP contribution in [0.1, 0.15) is 44.6 Å². The zero-order valence-corrected chi connectivity index (χ0v) is 9.74. The Kier molecular flexibility index (Phi) is 2.99. The van der Waals surface area contributed by atoms with Crippen LogP contribution in [0.4, 0.5) is 5.69 Å². The third-order valence-corrected chi connectivity index (χ3v) is 3.59. The number of hydrogen-bond donors (Lipinski definition) is 1. The van der Waals surface area contributed by atoms with Crippen molar-refractivity contribution in [1.82, 2.24) is 0 Å². The van der Waals surface area contributed by atoms with Crippen LogP contribution in [0.5, 0.6) is 0 Å². The van der Waals surface area contributed by atoms with E-state index < -0.39 is 0 Å². The fraction of sp³-hybridized carbons (Fsp3) is 0.571. The van der Waals surface area contributed by atoms with Gasteiger partial charge >= 0.3 is 0 Å². The number of benzene rings is 1. The summed E-state index contributed by atoms with van der Waals surface area (Å²) >= 11 is 0. The lowest BCUT2D eigenvalue weighted by Crippen LogP contribution is -2.18. The Morgan fingerprint density at radius 3 is 2.00 bits per heavy atom. The molecule has 0 heterocycles. The van der Waals surface area contributed by atoms with E-state index in [2.05, 4.69) is 26.0 Å². The first-order chi connectivity index (χ1) is 7.15. The topological polar surface area (TPSA) is 26.0 Å². The molecule has 82 valence electrons. The minimum atomic E-state index is 0.754. The summed E-state index contributed by atoms with van der Waals surface area (Å²) in [6, 6.07) is 8.45. The number of nitrogens with two attached hydrogens (primary N) is 1. The van der Waals surface area contributed by atoms with Crippen LogP contribution in [-0.2, 0) is 0 Å². The van der Waals surface area contributed by atoms with Crippen molar-refractivity contribution in [2.24, 2.45) is 11.8 Å². The summed E-state index contributed by atoms with van der Waals surface area (Å²) in [5.74, 6) is 2.50. The molecule has 1 nitrogen and oxygen atoms in total. The standard InChI is InChI=1S/C14H21N/c1-10-7-11(2)9-13(8-10)12-3-5-14(15)6-4-12/h3-6,10-11,13H,7-9,15H2,1-2H3/t10-,11-/m1/s1. The highest BCUT2D eigenvalue weighted by Crippen LogP contribution is 2.39. The van der Waals surface area contributed by atoms with Gasteiger partial charge in [0.25, 0.3) is 0 Å². The van der Waals surface area contributed by atoms with Crippen molar-refractivity contribution in [2.75, 3.05) is 5.73 Å². The van der Waals surface area contributed by atoms with E-state index in [1.54, 1.807) is 0 Å². The smallest absolute Gasteiger partial charge is 0.0314 e. The molecule has 1 aliphatic rings. The van der Waals surface area contributed by atoms with Crippen molar-refractivity contribution in [3.8, 4) is 0 Å². The first kappa shape index (κ1) is 10.5. The Bertz CT molecular complexity index is 305. The van der Waals surface area contributed by atoms with E-state index in [9.17, 15) is 0 Å². The minimum Gasteiger partial charge on any atom is -0.399 e. The van der Waals surface area contributed by atoms with E-state index >= 15 is 0 Å². The highest BCUT2D eigenvalue weighted by Gasteiger charge is 2.24. The molecule has 2 rings (SSSR count). The maximum atomic E-state index is 5.71. The second-order valence-electron chi connectivity index (χ2n) is 5.28. The Morgan fingerprint density at radius 2 is 1.47 bits per heavy atom. The van der Waals surface area contributed by atoms with Crippen LogP contribution in [0.2, 0.25) is 0 Å². The van der Waals surface area contributed by atoms with Gasteiger partial charge in [0, 0.05) is 5.69 Å². The zero-order valence-electron chi connectivity index (χ0n) is 9.74. The third-order valence-electron chi connectivity index (χ3n) is 3.59. The maximum Gasteiger partial charge on any atom is 0.0314 e. The van der Waals surface area contributed by atoms with E-state index in [4.69, 9.17) is 5.73 Å². The molecule has 0 amide bonds. The van der Waals surface area contributed by atoms with Crippen LogP contribution in [-0.4, -0.2) is 0 Å². The summed E-state index contributed by atoms with van der Waals surface area (Å²) in [6.07, 6.45) is 4.08. The van der Waals surface area contributed by atoms with Crippen LogP contribution in [0, 0.1) is 11.8 Å². The molecule has 0 bridgehead atoms. The van der Waals surface area contributed by atoms with Gasteiger partial charge in [-0.25, -0.2) is 0 Å². The first-order valence-electron chi connectivity index (χ1n) is 6.00. The summed E-state index contributed by atoms with van der Waals surface area (Å²) < 4.78 is 0. The van der Waals surface area contributed by atoms with Gasteiger partial charge in [-0.1, -0.05) is 26.0 Å². The Hall–Kier alpha value is -0.980. The molecule has 0 saturated heterocycles. The van der Waals surface area contributed by atoms with E-state index in [-0.39, 0.29) is 0 Å². The monoisotopic (exact) mass is 203 g/mol. The lowest BCUT2D eigenvalue weighted by molar-refractivity contribution is 0.268. The van der Waals surface area contributed by atoms with Crippen LogP contribution in [0.25, 0.3) is 0 Å². The molecule has 1 aromatic carbocycles. The molecular formula is C14H21N. The Balaban J connectivity index is 2.12. The van der Waals surface area contributed by atoms with Crippen LogP contribution < -0.4 is 5.73 Å². The van der Waals surface area contributed by atoms with E-state index in [1.165, 1.54) is 24.8 Å². The molecule has 15 heavy (non-hydrogen) atoms. The fourth-order valence-corrected chi connectivity index (χ4v) is 2.99. The summed E-state index contributed by atoms with van der Waals surface area (Å²) in [6.45, 7) is 4.75. The van der Waals surface area contributed by atoms with E-state index in [0.29, 0.717) is 0 Å². The molecule has 0 unspecified atom stereocenters. The average molecular weight is 203 g/mol. The highest BCUT2D eigenvalue weighted by molar-refractivity contribution is 5.40. The van der Waals surface area contributed by atoms with Gasteiger partial charge in [0.1, 0.15) is 0 Å². The predicted molar refractivity (Wildman–Crippen MR) is 65.8 cm³/mol. The summed E-state index contributed by atoms with van der Waals surface area (Å²) in [7, 11) is 0. The molecule has 0 radical (unpaired) electrons. The summed E-state index contributed by atoms with van der Waals surface area (Å²) in [4.78, 5) is 0. The van der Waals surface area contributed by atoms with Gasteiger partial charge in [-0.15, -0.1) is 0 Å². The van der Waals surface area contributed by atoms with Crippen molar-refractivity contribution in [3.05, 3.63) is 29.8 Å². The van der Waals surface area contributed by atoms with Crippen molar-refractivity contribution in [1.29, 1.82) is 0 Å². The fourth-order valence-electron chi connectivity index (χ4n) is 2.99. The molecule has 1 saturated carbocycles. The summed E-state index contributed by atoms with van der Waals surface area (Å²) in [5, 5.41) is 0. The Morgan fingerprint density at radius 1 is 0.933 bits per heavy atom. The minimum absolute atomic E-state index is 0.754. The van der Waals surface area contributed by atoms with Crippen LogP contribution in [0.15, 0.2) is 24.3 Å². The number of rotatable bonds is 1. The molecule has 1 aliphatic carbocycles. The number of nitrogen functional groups attached to an aromatic ring is 1. The lowest BCUT2D eigenvalue weighted by atomic mass is 9.74. The van der Waals surface area contributed by atoms with Gasteiger partial charge < -0.3 is 5.73 Å². The molecule has 1 aromatic rings. The van der Waals surface area contributed by atoms with Gasteiger partial charge in [0.15, 0.2) is 0 Å². The zero-order chi connectivity index (χ0) is 10.8. The highest BCUT2D eigenvalue weighted by atomic mass is 14.5. The molecule has 0 aromatic heterocycles. The lowest BCUT2D eigenvalue weighted by Gasteiger charge is -2.31. The Labute approximate surface area is 92.7 Å². The SMILES string of the molecule is C[C@H]1CC(c2ccc(N)cc2)C[C@H](C)C1. The van der Waals surface area contributed by atoms with Gasteiger partial charge in [-0.2, -0.15) is 0 Å². The predicted octanol–water partition coefficient (Wildman–Crippen LogP) is 3.81. The van der Waals surface area contributed by atoms with Crippen LogP contribution in [0.3, 0.4) is 0 Å². The first-order valence-corrected chi connectivity index (χ1v) is 6.00. The molecule has 0 spiro atoms. The molecule has 2 atom stereocenters. The second kappa shape index (κ2) is 4.26. The van der Waals surface area contributed by atoms with E-state index in [1.807, 2.05) is 12.1 Å². The molecule has 2 N–H and O–H groups in total. The van der Waals surface area contributed by atoms with Gasteiger partial charge in [0.05, 0.1) is 0 Å². The normalized spacial score (nSPS) is 31.5. The summed E-state index contributed by atoms with van der Waals surface area (Å²) in [5.41, 5.74) is 8.06. The van der Waals surface area contributed by atoms with E-state index in [0.717, 1.165) is 23.4 Å². The largest absolute Gasteiger partial charge is 0.399 e. The quantitative estimate of drug-likeness (QED) is 0.690. The van der Waals surface area contributed by atoms with Gasteiger partial charge in [-0.3, -0.25) is 0 Å². The van der Waals surface area contributed by atoms with Crippen molar-refractivity contribution in [3.63, 3.8) is 0 Å². The van der Waals surface area contributed by atoms with Crippen molar-refractivity contribution in [2.45, 2.75) is 39.0 Å². The van der Waals surface area contributed by atoms with Crippen LogP contribution >= 0.6 is 0 Å². The molecule has 0 aliphatic heterocycles. The van der Waals surface area contributed by atoms with Gasteiger partial charge in [-0.05, 0) is 54.7 Å². The molecule has 1 heteroatoms. The maximum absolute atomic E-state index is 5.71. The number of hydrogen-bond acceptors (Lipinski definition) is 1. The number of anilines is 1. The third kappa shape index (κ3) is 2.53. The average Bonchev–Trinajstić information content (AvgIpc) is 2.17. The van der Waals surface area contributed by atoms with Crippen molar-refractivity contribution >= 4 is 5.69 Å². The molecular weight excluding hydrogens is 182 g/mol. The van der Waals surface area contributed by atoms with Crippen molar-refractivity contribution < 1.29 is 0 Å². The molecule has 1 fully saturated rings.